The molecular formula is C28H33ClN4O4. The van der Waals surface area contributed by atoms with Gasteiger partial charge in [-0.1, -0.05) is 64.8 Å². The van der Waals surface area contributed by atoms with Crippen molar-refractivity contribution < 1.29 is 18.9 Å². The Balaban J connectivity index is 1.92. The van der Waals surface area contributed by atoms with Crippen molar-refractivity contribution in [2.24, 2.45) is 0 Å². The summed E-state index contributed by atoms with van der Waals surface area (Å²) in [5, 5.41) is 9.73. The maximum absolute atomic E-state index is 13.7. The number of aryl methyl sites for hydroxylation is 2. The molecule has 0 bridgehead atoms. The smallest absolute Gasteiger partial charge is 0.247 e. The van der Waals surface area contributed by atoms with Crippen LogP contribution in [0.2, 0.25) is 5.02 Å². The van der Waals surface area contributed by atoms with E-state index < -0.39 is 11.6 Å². The van der Waals surface area contributed by atoms with Gasteiger partial charge in [0.05, 0.1) is 0 Å². The van der Waals surface area contributed by atoms with Crippen molar-refractivity contribution in [1.82, 2.24) is 15.4 Å². The summed E-state index contributed by atoms with van der Waals surface area (Å²) in [6.45, 7) is 9.47. The molecule has 3 aromatic rings. The molecule has 1 heterocycles. The molecule has 0 saturated carbocycles. The zero-order chi connectivity index (χ0) is 27.2. The lowest BCUT2D eigenvalue weighted by molar-refractivity contribution is -0.142. The third-order valence-electron chi connectivity index (χ3n) is 5.51. The van der Waals surface area contributed by atoms with Crippen LogP contribution in [0.4, 0.5) is 5.82 Å². The number of nitrogens with one attached hydrogen (secondary N) is 2. The molecule has 0 spiro atoms. The first kappa shape index (κ1) is 27.9. The fourth-order valence-electron chi connectivity index (χ4n) is 3.79. The second-order valence-electron chi connectivity index (χ2n) is 10.0. The van der Waals surface area contributed by atoms with Gasteiger partial charge in [0, 0.05) is 41.6 Å². The standard InChI is InChI=1S/C28H33ClN4O4/c1-18-10-12-20(13-11-18)17-33(25(35)15-14-24(34)30-23-16-19(2)37-32-23)26(27(36)31-28(3,4)5)21-8-6-7-9-22(21)29/h6-13,16,26H,14-15,17H2,1-5H3,(H,31,36)(H,30,32,34)/t26-/m1/s1. The third kappa shape index (κ3) is 8.18. The van der Waals surface area contributed by atoms with E-state index in [1.54, 1.807) is 37.3 Å². The van der Waals surface area contributed by atoms with Crippen LogP contribution in [0.15, 0.2) is 59.1 Å². The number of carbonyl (C=O) groups excluding carboxylic acids is 3. The van der Waals surface area contributed by atoms with Crippen LogP contribution in [-0.4, -0.2) is 33.3 Å². The summed E-state index contributed by atoms with van der Waals surface area (Å²) in [5.41, 5.74) is 1.90. The summed E-state index contributed by atoms with van der Waals surface area (Å²) >= 11 is 6.53. The van der Waals surface area contributed by atoms with Gasteiger partial charge in [-0.2, -0.15) is 0 Å². The van der Waals surface area contributed by atoms with Gasteiger partial charge in [-0.3, -0.25) is 14.4 Å². The highest BCUT2D eigenvalue weighted by atomic mass is 35.5. The summed E-state index contributed by atoms with van der Waals surface area (Å²) in [4.78, 5) is 41.3. The molecule has 3 amide bonds. The molecule has 2 aromatic carbocycles. The number of carbonyl (C=O) groups is 3. The number of benzene rings is 2. The van der Waals surface area contributed by atoms with Gasteiger partial charge in [-0.05, 0) is 46.2 Å². The molecule has 0 fully saturated rings. The molecule has 0 radical (unpaired) electrons. The molecule has 3 rings (SSSR count). The second kappa shape index (κ2) is 12.1. The molecule has 1 aromatic heterocycles. The van der Waals surface area contributed by atoms with Crippen molar-refractivity contribution in [3.63, 3.8) is 0 Å². The fourth-order valence-corrected chi connectivity index (χ4v) is 4.03. The molecule has 196 valence electrons. The van der Waals surface area contributed by atoms with E-state index >= 15 is 0 Å². The Morgan fingerprint density at radius 2 is 1.70 bits per heavy atom. The average Bonchev–Trinajstić information content (AvgIpc) is 3.22. The molecular weight excluding hydrogens is 492 g/mol. The van der Waals surface area contributed by atoms with Crippen LogP contribution in [0.3, 0.4) is 0 Å². The first-order valence-electron chi connectivity index (χ1n) is 12.1. The lowest BCUT2D eigenvalue weighted by Crippen LogP contribution is -2.49. The molecule has 2 N–H and O–H groups in total. The van der Waals surface area contributed by atoms with Gasteiger partial charge in [0.25, 0.3) is 0 Å². The molecule has 0 aliphatic carbocycles. The number of hydrogen-bond donors (Lipinski definition) is 2. The lowest BCUT2D eigenvalue weighted by Gasteiger charge is -2.34. The van der Waals surface area contributed by atoms with Crippen LogP contribution >= 0.6 is 11.6 Å². The Morgan fingerprint density at radius 1 is 1.03 bits per heavy atom. The predicted molar refractivity (Wildman–Crippen MR) is 143 cm³/mol. The number of hydrogen-bond acceptors (Lipinski definition) is 5. The minimum atomic E-state index is -0.997. The number of nitrogens with zero attached hydrogens (tertiary/aromatic N) is 2. The quantitative estimate of drug-likeness (QED) is 0.392. The summed E-state index contributed by atoms with van der Waals surface area (Å²) in [5.74, 6) is -0.261. The molecule has 8 nitrogen and oxygen atoms in total. The van der Waals surface area contributed by atoms with Crippen molar-refractivity contribution in [3.05, 3.63) is 82.1 Å². The van der Waals surface area contributed by atoms with Crippen LogP contribution < -0.4 is 10.6 Å². The number of anilines is 1. The van der Waals surface area contributed by atoms with E-state index in [0.717, 1.165) is 11.1 Å². The predicted octanol–water partition coefficient (Wildman–Crippen LogP) is 5.35. The van der Waals surface area contributed by atoms with E-state index in [1.807, 2.05) is 52.0 Å². The zero-order valence-electron chi connectivity index (χ0n) is 21.8. The van der Waals surface area contributed by atoms with Crippen LogP contribution in [0.5, 0.6) is 0 Å². The fraction of sp³-hybridized carbons (Fsp3) is 0.357. The summed E-state index contributed by atoms with van der Waals surface area (Å²) in [7, 11) is 0. The second-order valence-corrected chi connectivity index (χ2v) is 10.4. The van der Waals surface area contributed by atoms with Gasteiger partial charge in [-0.15, -0.1) is 0 Å². The summed E-state index contributed by atoms with van der Waals surface area (Å²) in [6, 6.07) is 15.3. The monoisotopic (exact) mass is 524 g/mol. The Kier molecular flexibility index (Phi) is 9.10. The van der Waals surface area contributed by atoms with Crippen molar-refractivity contribution in [2.45, 2.75) is 65.6 Å². The minimum absolute atomic E-state index is 0.0920. The highest BCUT2D eigenvalue weighted by molar-refractivity contribution is 6.31. The topological polar surface area (TPSA) is 105 Å². The van der Waals surface area contributed by atoms with E-state index in [0.29, 0.717) is 16.3 Å². The van der Waals surface area contributed by atoms with Gasteiger partial charge in [0.15, 0.2) is 5.82 Å². The van der Waals surface area contributed by atoms with Gasteiger partial charge in [0.1, 0.15) is 11.8 Å². The molecule has 0 saturated heterocycles. The van der Waals surface area contributed by atoms with Crippen LogP contribution in [0, 0.1) is 13.8 Å². The normalized spacial score (nSPS) is 12.1. The number of halogens is 1. The van der Waals surface area contributed by atoms with Gasteiger partial charge < -0.3 is 20.1 Å². The van der Waals surface area contributed by atoms with Crippen molar-refractivity contribution in [3.8, 4) is 0 Å². The van der Waals surface area contributed by atoms with E-state index in [4.69, 9.17) is 16.1 Å². The van der Waals surface area contributed by atoms with E-state index in [2.05, 4.69) is 15.8 Å². The first-order chi connectivity index (χ1) is 17.4. The Morgan fingerprint density at radius 3 is 2.30 bits per heavy atom. The van der Waals surface area contributed by atoms with Crippen molar-refractivity contribution >= 4 is 35.1 Å². The van der Waals surface area contributed by atoms with Crippen LogP contribution in [0.25, 0.3) is 0 Å². The number of aromatic nitrogens is 1. The lowest BCUT2D eigenvalue weighted by atomic mass is 10.00. The van der Waals surface area contributed by atoms with Gasteiger partial charge in [0.2, 0.25) is 17.7 Å². The SMILES string of the molecule is Cc1ccc(CN(C(=O)CCC(=O)Nc2cc(C)on2)[C@@H](C(=O)NC(C)(C)C)c2ccccc2Cl)cc1. The maximum atomic E-state index is 13.7. The van der Waals surface area contributed by atoms with Gasteiger partial charge >= 0.3 is 0 Å². The third-order valence-corrected chi connectivity index (χ3v) is 5.86. The molecule has 0 aliphatic heterocycles. The summed E-state index contributed by atoms with van der Waals surface area (Å²) in [6.07, 6.45) is -0.205. The average molecular weight is 525 g/mol. The number of amides is 3. The number of rotatable bonds is 9. The van der Waals surface area contributed by atoms with Crippen LogP contribution in [0.1, 0.15) is 62.1 Å². The maximum Gasteiger partial charge on any atom is 0.247 e. The van der Waals surface area contributed by atoms with E-state index in [9.17, 15) is 14.4 Å². The summed E-state index contributed by atoms with van der Waals surface area (Å²) < 4.78 is 4.96. The molecule has 0 unspecified atom stereocenters. The molecule has 9 heteroatoms. The zero-order valence-corrected chi connectivity index (χ0v) is 22.6. The molecule has 0 aliphatic rings. The Bertz CT molecular complexity index is 1250. The Labute approximate surface area is 222 Å². The van der Waals surface area contributed by atoms with Crippen molar-refractivity contribution in [2.75, 3.05) is 5.32 Å². The Hall–Kier alpha value is -3.65. The van der Waals surface area contributed by atoms with Gasteiger partial charge in [-0.25, -0.2) is 0 Å². The van der Waals surface area contributed by atoms with Crippen molar-refractivity contribution in [1.29, 1.82) is 0 Å². The van der Waals surface area contributed by atoms with Crippen LogP contribution in [-0.2, 0) is 20.9 Å². The highest BCUT2D eigenvalue weighted by Crippen LogP contribution is 2.31. The first-order valence-corrected chi connectivity index (χ1v) is 12.5. The van der Waals surface area contributed by atoms with E-state index in [1.165, 1.54) is 4.90 Å². The molecule has 1 atom stereocenters. The largest absolute Gasteiger partial charge is 0.360 e. The minimum Gasteiger partial charge on any atom is -0.360 e. The molecule has 37 heavy (non-hydrogen) atoms. The van der Waals surface area contributed by atoms with E-state index in [-0.39, 0.29) is 42.9 Å². The highest BCUT2D eigenvalue weighted by Gasteiger charge is 2.34.